The van der Waals surface area contributed by atoms with Crippen molar-refractivity contribution in [1.29, 1.82) is 0 Å². The summed E-state index contributed by atoms with van der Waals surface area (Å²) in [6, 6.07) is 8.02. The van der Waals surface area contributed by atoms with E-state index in [4.69, 9.17) is 17.3 Å². The van der Waals surface area contributed by atoms with E-state index in [1.807, 2.05) is 6.07 Å². The van der Waals surface area contributed by atoms with Crippen molar-refractivity contribution >= 4 is 23.4 Å². The van der Waals surface area contributed by atoms with Gasteiger partial charge in [-0.05, 0) is 29.8 Å². The summed E-state index contributed by atoms with van der Waals surface area (Å²) < 4.78 is 0. The number of carbonyl (C=O) groups excluding carboxylic acids is 2. The van der Waals surface area contributed by atoms with Gasteiger partial charge in [-0.25, -0.2) is 0 Å². The number of hydrogen-bond donors (Lipinski definition) is 2. The van der Waals surface area contributed by atoms with Crippen LogP contribution in [0.15, 0.2) is 42.7 Å². The van der Waals surface area contributed by atoms with Crippen molar-refractivity contribution in [2.75, 3.05) is 0 Å². The van der Waals surface area contributed by atoms with Crippen molar-refractivity contribution in [2.24, 2.45) is 5.73 Å². The normalized spacial score (nSPS) is 10.1. The predicted octanol–water partition coefficient (Wildman–Crippen LogP) is 1.76. The van der Waals surface area contributed by atoms with E-state index in [1.165, 1.54) is 18.2 Å². The van der Waals surface area contributed by atoms with Gasteiger partial charge in [0.2, 0.25) is 5.91 Å². The van der Waals surface area contributed by atoms with E-state index >= 15 is 0 Å². The molecule has 5 nitrogen and oxygen atoms in total. The number of pyridine rings is 1. The van der Waals surface area contributed by atoms with Crippen LogP contribution in [0.2, 0.25) is 5.02 Å². The Morgan fingerprint density at radius 2 is 2.10 bits per heavy atom. The van der Waals surface area contributed by atoms with Crippen molar-refractivity contribution in [1.82, 2.24) is 10.3 Å². The zero-order valence-electron chi connectivity index (χ0n) is 10.5. The molecule has 0 aliphatic heterocycles. The van der Waals surface area contributed by atoms with Crippen LogP contribution in [-0.4, -0.2) is 16.8 Å². The van der Waals surface area contributed by atoms with Crippen LogP contribution in [0.4, 0.5) is 0 Å². The average molecular weight is 290 g/mol. The van der Waals surface area contributed by atoms with Crippen molar-refractivity contribution in [2.45, 2.75) is 6.54 Å². The van der Waals surface area contributed by atoms with Gasteiger partial charge in [0.15, 0.2) is 0 Å². The quantitative estimate of drug-likeness (QED) is 0.899. The van der Waals surface area contributed by atoms with Gasteiger partial charge in [0, 0.05) is 24.5 Å². The molecular weight excluding hydrogens is 278 g/mol. The van der Waals surface area contributed by atoms with Gasteiger partial charge < -0.3 is 11.1 Å². The summed E-state index contributed by atoms with van der Waals surface area (Å²) >= 11 is 5.83. The zero-order chi connectivity index (χ0) is 14.5. The molecule has 102 valence electrons. The molecule has 1 heterocycles. The van der Waals surface area contributed by atoms with Gasteiger partial charge in [-0.2, -0.15) is 0 Å². The molecule has 2 aromatic rings. The second-order valence-electron chi connectivity index (χ2n) is 4.10. The molecule has 3 N–H and O–H groups in total. The van der Waals surface area contributed by atoms with Crippen LogP contribution in [-0.2, 0) is 6.54 Å². The molecule has 0 aliphatic rings. The third-order valence-electron chi connectivity index (χ3n) is 2.67. The zero-order valence-corrected chi connectivity index (χ0v) is 11.2. The Morgan fingerprint density at radius 1 is 1.30 bits per heavy atom. The van der Waals surface area contributed by atoms with E-state index in [1.54, 1.807) is 18.5 Å². The second kappa shape index (κ2) is 6.16. The first-order valence-electron chi connectivity index (χ1n) is 5.84. The first-order chi connectivity index (χ1) is 9.58. The highest BCUT2D eigenvalue weighted by Crippen LogP contribution is 2.17. The fourth-order valence-electron chi connectivity index (χ4n) is 1.64. The highest BCUT2D eigenvalue weighted by atomic mass is 35.5. The minimum absolute atomic E-state index is 0.126. The van der Waals surface area contributed by atoms with Gasteiger partial charge >= 0.3 is 0 Å². The molecule has 0 spiro atoms. The van der Waals surface area contributed by atoms with E-state index in [2.05, 4.69) is 10.3 Å². The maximum Gasteiger partial charge on any atom is 0.251 e. The highest BCUT2D eigenvalue weighted by Gasteiger charge is 2.11. The molecule has 0 aliphatic carbocycles. The lowest BCUT2D eigenvalue weighted by atomic mass is 10.1. The van der Waals surface area contributed by atoms with Gasteiger partial charge in [-0.3, -0.25) is 14.6 Å². The largest absolute Gasteiger partial charge is 0.366 e. The molecule has 0 fully saturated rings. The van der Waals surface area contributed by atoms with Gasteiger partial charge in [0.1, 0.15) is 0 Å². The van der Waals surface area contributed by atoms with Crippen LogP contribution in [0.25, 0.3) is 0 Å². The molecule has 20 heavy (non-hydrogen) atoms. The van der Waals surface area contributed by atoms with E-state index in [9.17, 15) is 9.59 Å². The maximum absolute atomic E-state index is 12.0. The van der Waals surface area contributed by atoms with E-state index in [0.29, 0.717) is 12.1 Å². The number of nitrogens with zero attached hydrogens (tertiary/aromatic N) is 1. The highest BCUT2D eigenvalue weighted by molar-refractivity contribution is 6.34. The lowest BCUT2D eigenvalue weighted by Gasteiger charge is -2.07. The number of hydrogen-bond acceptors (Lipinski definition) is 3. The molecule has 0 radical (unpaired) electrons. The second-order valence-corrected chi connectivity index (χ2v) is 4.51. The van der Waals surface area contributed by atoms with Gasteiger partial charge in [-0.15, -0.1) is 0 Å². The molecule has 2 rings (SSSR count). The number of nitrogens with two attached hydrogens (primary N) is 1. The number of nitrogens with one attached hydrogen (secondary N) is 1. The summed E-state index contributed by atoms with van der Waals surface area (Å²) in [6.07, 6.45) is 3.32. The number of amides is 2. The number of benzene rings is 1. The van der Waals surface area contributed by atoms with Gasteiger partial charge in [0.05, 0.1) is 10.6 Å². The summed E-state index contributed by atoms with van der Waals surface area (Å²) in [5.41, 5.74) is 6.52. The lowest BCUT2D eigenvalue weighted by molar-refractivity contribution is 0.0951. The van der Waals surface area contributed by atoms with Crippen LogP contribution in [0, 0.1) is 0 Å². The predicted molar refractivity (Wildman–Crippen MR) is 75.4 cm³/mol. The summed E-state index contributed by atoms with van der Waals surface area (Å²) in [4.78, 5) is 27.1. The summed E-state index contributed by atoms with van der Waals surface area (Å²) in [5.74, 6) is -0.982. The minimum Gasteiger partial charge on any atom is -0.366 e. The van der Waals surface area contributed by atoms with Crippen molar-refractivity contribution in [3.8, 4) is 0 Å². The third-order valence-corrected chi connectivity index (χ3v) is 3.00. The molecule has 1 aromatic heterocycles. The summed E-state index contributed by atoms with van der Waals surface area (Å²) in [7, 11) is 0. The third kappa shape index (κ3) is 3.33. The fraction of sp³-hybridized carbons (Fsp3) is 0.0714. The SMILES string of the molecule is NC(=O)c1cc(C(=O)NCc2cccnc2)ccc1Cl. The standard InChI is InChI=1S/C14H12ClN3O2/c15-12-4-3-10(6-11(12)13(16)19)14(20)18-8-9-2-1-5-17-7-9/h1-7H,8H2,(H2,16,19)(H,18,20). The summed E-state index contributed by atoms with van der Waals surface area (Å²) in [6.45, 7) is 0.348. The average Bonchev–Trinajstić information content (AvgIpc) is 2.46. The summed E-state index contributed by atoms with van der Waals surface area (Å²) in [5, 5.41) is 2.95. The monoisotopic (exact) mass is 289 g/mol. The van der Waals surface area contributed by atoms with E-state index in [-0.39, 0.29) is 16.5 Å². The Balaban J connectivity index is 2.10. The topological polar surface area (TPSA) is 85.1 Å². The van der Waals surface area contributed by atoms with Crippen LogP contribution < -0.4 is 11.1 Å². The van der Waals surface area contributed by atoms with Crippen molar-refractivity contribution in [3.05, 3.63) is 64.4 Å². The molecule has 0 bridgehead atoms. The molecule has 6 heteroatoms. The molecular formula is C14H12ClN3O2. The van der Waals surface area contributed by atoms with Crippen LogP contribution in [0.5, 0.6) is 0 Å². The number of aromatic nitrogens is 1. The first kappa shape index (κ1) is 14.0. The maximum atomic E-state index is 12.0. The van der Waals surface area contributed by atoms with Gasteiger partial charge in [-0.1, -0.05) is 17.7 Å². The first-order valence-corrected chi connectivity index (χ1v) is 6.22. The molecule has 0 saturated carbocycles. The fourth-order valence-corrected chi connectivity index (χ4v) is 1.85. The Hall–Kier alpha value is -2.40. The number of primary amides is 1. The molecule has 0 saturated heterocycles. The Bertz CT molecular complexity index is 644. The lowest BCUT2D eigenvalue weighted by Crippen LogP contribution is -2.23. The number of rotatable bonds is 4. The number of carbonyl (C=O) groups is 2. The Kier molecular flexibility index (Phi) is 4.32. The Morgan fingerprint density at radius 3 is 2.75 bits per heavy atom. The van der Waals surface area contributed by atoms with Crippen LogP contribution in [0.1, 0.15) is 26.3 Å². The minimum atomic E-state index is -0.670. The van der Waals surface area contributed by atoms with E-state index in [0.717, 1.165) is 5.56 Å². The van der Waals surface area contributed by atoms with E-state index < -0.39 is 5.91 Å². The van der Waals surface area contributed by atoms with Crippen molar-refractivity contribution < 1.29 is 9.59 Å². The molecule has 1 aromatic carbocycles. The smallest absolute Gasteiger partial charge is 0.251 e. The number of halogens is 1. The van der Waals surface area contributed by atoms with Gasteiger partial charge in [0.25, 0.3) is 5.91 Å². The van der Waals surface area contributed by atoms with Crippen LogP contribution >= 0.6 is 11.6 Å². The van der Waals surface area contributed by atoms with Crippen molar-refractivity contribution in [3.63, 3.8) is 0 Å². The molecule has 2 amide bonds. The molecule has 0 atom stereocenters. The van der Waals surface area contributed by atoms with Crippen LogP contribution in [0.3, 0.4) is 0 Å². The Labute approximate surface area is 120 Å². The molecule has 0 unspecified atom stereocenters.